The van der Waals surface area contributed by atoms with Gasteiger partial charge in [0.2, 0.25) is 5.82 Å². The summed E-state index contributed by atoms with van der Waals surface area (Å²) < 4.78 is 5.06. The maximum Gasteiger partial charge on any atom is 0.265 e. The van der Waals surface area contributed by atoms with Crippen molar-refractivity contribution >= 4 is 11.3 Å². The smallest absolute Gasteiger partial charge is 0.265 e. The highest BCUT2D eigenvalue weighted by molar-refractivity contribution is 7.13. The van der Waals surface area contributed by atoms with Gasteiger partial charge in [-0.05, 0) is 23.6 Å². The van der Waals surface area contributed by atoms with Gasteiger partial charge in [0.05, 0.1) is 4.88 Å². The monoisotopic (exact) mass is 260 g/mol. The van der Waals surface area contributed by atoms with Gasteiger partial charge >= 0.3 is 0 Å². The predicted molar refractivity (Wildman–Crippen MR) is 66.4 cm³/mol. The third-order valence-electron chi connectivity index (χ3n) is 2.40. The minimum atomic E-state index is -0.101. The minimum Gasteiger partial charge on any atom is -0.507 e. The number of hydrogen-bond donors (Lipinski definition) is 2. The number of benzene rings is 1. The molecule has 0 spiro atoms. The normalized spacial score (nSPS) is 10.7. The Morgan fingerprint density at radius 3 is 2.50 bits per heavy atom. The summed E-state index contributed by atoms with van der Waals surface area (Å²) in [5.41, 5.74) is 0.146. The van der Waals surface area contributed by atoms with Crippen LogP contribution in [0.2, 0.25) is 0 Å². The van der Waals surface area contributed by atoms with E-state index in [4.69, 9.17) is 4.52 Å². The van der Waals surface area contributed by atoms with Gasteiger partial charge < -0.3 is 14.7 Å². The fraction of sp³-hybridized carbons (Fsp3) is 0. The highest BCUT2D eigenvalue weighted by Crippen LogP contribution is 2.36. The van der Waals surface area contributed by atoms with Crippen LogP contribution in [0.25, 0.3) is 22.2 Å². The number of thiophene rings is 1. The second kappa shape index (κ2) is 4.15. The lowest BCUT2D eigenvalue weighted by Crippen LogP contribution is -1.81. The van der Waals surface area contributed by atoms with Crippen LogP contribution in [-0.4, -0.2) is 20.4 Å². The van der Waals surface area contributed by atoms with E-state index in [1.807, 2.05) is 17.5 Å². The van der Waals surface area contributed by atoms with Crippen LogP contribution in [0.15, 0.2) is 40.2 Å². The van der Waals surface area contributed by atoms with Gasteiger partial charge in [-0.1, -0.05) is 17.3 Å². The number of nitrogens with zero attached hydrogens (tertiary/aromatic N) is 2. The van der Waals surface area contributed by atoms with E-state index in [1.54, 1.807) is 0 Å². The molecule has 0 bridgehead atoms. The zero-order chi connectivity index (χ0) is 12.5. The summed E-state index contributed by atoms with van der Waals surface area (Å²) in [6, 6.07) is 8.18. The van der Waals surface area contributed by atoms with Crippen molar-refractivity contribution in [2.45, 2.75) is 0 Å². The Labute approximate surface area is 106 Å². The molecular formula is C12H8N2O3S. The van der Waals surface area contributed by atoms with Gasteiger partial charge in [0, 0.05) is 0 Å². The van der Waals surface area contributed by atoms with Gasteiger partial charge in [-0.3, -0.25) is 0 Å². The van der Waals surface area contributed by atoms with Gasteiger partial charge in [0.1, 0.15) is 17.1 Å². The Bertz CT molecular complexity index is 656. The van der Waals surface area contributed by atoms with E-state index >= 15 is 0 Å². The van der Waals surface area contributed by atoms with Crippen LogP contribution in [0.3, 0.4) is 0 Å². The first kappa shape index (κ1) is 10.8. The van der Waals surface area contributed by atoms with Crippen LogP contribution < -0.4 is 0 Å². The highest BCUT2D eigenvalue weighted by Gasteiger charge is 2.17. The molecule has 2 N–H and O–H groups in total. The molecule has 0 saturated heterocycles. The van der Waals surface area contributed by atoms with Crippen LogP contribution in [0.4, 0.5) is 0 Å². The maximum absolute atomic E-state index is 9.70. The molecule has 0 unspecified atom stereocenters. The number of rotatable bonds is 2. The summed E-state index contributed by atoms with van der Waals surface area (Å²) in [7, 11) is 0. The summed E-state index contributed by atoms with van der Waals surface area (Å²) in [6.45, 7) is 0. The first-order valence-electron chi connectivity index (χ1n) is 5.14. The number of aromatic hydroxyl groups is 2. The average Bonchev–Trinajstić information content (AvgIpc) is 2.99. The molecule has 5 nitrogen and oxygen atoms in total. The summed E-state index contributed by atoms with van der Waals surface area (Å²) in [6.07, 6.45) is 0. The molecule has 1 aromatic carbocycles. The lowest BCUT2D eigenvalue weighted by molar-refractivity contribution is 0.416. The maximum atomic E-state index is 9.70. The molecule has 6 heteroatoms. The lowest BCUT2D eigenvalue weighted by atomic mass is 10.2. The van der Waals surface area contributed by atoms with E-state index in [-0.39, 0.29) is 23.0 Å². The highest BCUT2D eigenvalue weighted by atomic mass is 32.1. The van der Waals surface area contributed by atoms with Gasteiger partial charge in [-0.2, -0.15) is 4.98 Å². The quantitative estimate of drug-likeness (QED) is 0.740. The second-order valence-electron chi connectivity index (χ2n) is 3.57. The summed E-state index contributed by atoms with van der Waals surface area (Å²) in [4.78, 5) is 5.02. The van der Waals surface area contributed by atoms with Crippen LogP contribution in [-0.2, 0) is 0 Å². The van der Waals surface area contributed by atoms with Crippen molar-refractivity contribution in [3.05, 3.63) is 35.7 Å². The molecule has 0 saturated carbocycles. The van der Waals surface area contributed by atoms with E-state index in [0.29, 0.717) is 5.82 Å². The van der Waals surface area contributed by atoms with Crippen molar-refractivity contribution in [1.82, 2.24) is 10.1 Å². The van der Waals surface area contributed by atoms with Crippen molar-refractivity contribution in [3.63, 3.8) is 0 Å². The first-order valence-corrected chi connectivity index (χ1v) is 6.02. The van der Waals surface area contributed by atoms with Crippen LogP contribution in [0, 0.1) is 0 Å². The molecule has 0 amide bonds. The predicted octanol–water partition coefficient (Wildman–Crippen LogP) is 2.88. The molecule has 0 aliphatic carbocycles. The third kappa shape index (κ3) is 1.72. The van der Waals surface area contributed by atoms with Crippen LogP contribution >= 0.6 is 11.3 Å². The van der Waals surface area contributed by atoms with E-state index in [9.17, 15) is 10.2 Å². The Morgan fingerprint density at radius 1 is 1.06 bits per heavy atom. The van der Waals surface area contributed by atoms with Gasteiger partial charge in [-0.25, -0.2) is 0 Å². The van der Waals surface area contributed by atoms with Gasteiger partial charge in [-0.15, -0.1) is 11.3 Å². The largest absolute Gasteiger partial charge is 0.507 e. The summed E-state index contributed by atoms with van der Waals surface area (Å²) in [5.74, 6) is 0.324. The molecule has 0 fully saturated rings. The van der Waals surface area contributed by atoms with Crippen molar-refractivity contribution in [2.24, 2.45) is 0 Å². The van der Waals surface area contributed by atoms with Crippen molar-refractivity contribution in [3.8, 4) is 33.7 Å². The molecular weight excluding hydrogens is 252 g/mol. The Hall–Kier alpha value is -2.34. The van der Waals surface area contributed by atoms with Gasteiger partial charge in [0.25, 0.3) is 5.89 Å². The molecule has 3 rings (SSSR count). The topological polar surface area (TPSA) is 79.4 Å². The molecule has 2 aromatic heterocycles. The van der Waals surface area contributed by atoms with E-state index in [2.05, 4.69) is 10.1 Å². The standard InChI is InChI=1S/C12H8N2O3S/c15-7-3-1-4-8(16)10(7)12-13-11(14-17-12)9-5-2-6-18-9/h1-6,15-16H. The first-order chi connectivity index (χ1) is 8.75. The number of hydrogen-bond acceptors (Lipinski definition) is 6. The molecule has 3 aromatic rings. The average molecular weight is 260 g/mol. The second-order valence-corrected chi connectivity index (χ2v) is 4.52. The fourth-order valence-electron chi connectivity index (χ4n) is 1.58. The molecule has 0 atom stereocenters. The number of aromatic nitrogens is 2. The van der Waals surface area contributed by atoms with Crippen molar-refractivity contribution in [1.29, 1.82) is 0 Å². The van der Waals surface area contributed by atoms with E-state index in [0.717, 1.165) is 4.88 Å². The third-order valence-corrected chi connectivity index (χ3v) is 3.27. The summed E-state index contributed by atoms with van der Waals surface area (Å²) in [5, 5.41) is 25.1. The van der Waals surface area contributed by atoms with Crippen LogP contribution in [0.5, 0.6) is 11.5 Å². The van der Waals surface area contributed by atoms with Crippen LogP contribution in [0.1, 0.15) is 0 Å². The summed E-state index contributed by atoms with van der Waals surface area (Å²) >= 11 is 1.48. The van der Waals surface area contributed by atoms with Crippen molar-refractivity contribution < 1.29 is 14.7 Å². The number of phenols is 2. The molecule has 2 heterocycles. The molecule has 90 valence electrons. The van der Waals surface area contributed by atoms with E-state index < -0.39 is 0 Å². The van der Waals surface area contributed by atoms with E-state index in [1.165, 1.54) is 29.5 Å². The minimum absolute atomic E-state index is 0.0917. The molecule has 0 aliphatic rings. The molecule has 0 aliphatic heterocycles. The van der Waals surface area contributed by atoms with Crippen molar-refractivity contribution in [2.75, 3.05) is 0 Å². The Balaban J connectivity index is 2.09. The van der Waals surface area contributed by atoms with Gasteiger partial charge in [0.15, 0.2) is 0 Å². The fourth-order valence-corrected chi connectivity index (χ4v) is 2.23. The molecule has 18 heavy (non-hydrogen) atoms. The zero-order valence-corrected chi connectivity index (χ0v) is 9.89. The Kier molecular flexibility index (Phi) is 2.49. The Morgan fingerprint density at radius 2 is 1.83 bits per heavy atom. The number of phenolic OH excluding ortho intramolecular Hbond substituents is 2. The zero-order valence-electron chi connectivity index (χ0n) is 9.07. The SMILES string of the molecule is Oc1cccc(O)c1-c1nc(-c2cccs2)no1. The lowest BCUT2D eigenvalue weighted by Gasteiger charge is -2.00. The molecule has 0 radical (unpaired) electrons.